The third kappa shape index (κ3) is 2.87. The highest BCUT2D eigenvalue weighted by Gasteiger charge is 2.37. The molecule has 0 radical (unpaired) electrons. The number of hydrogen-bond acceptors (Lipinski definition) is 2. The van der Waals surface area contributed by atoms with Crippen LogP contribution in [0.25, 0.3) is 0 Å². The van der Waals surface area contributed by atoms with Crippen LogP contribution >= 0.6 is 15.9 Å². The highest BCUT2D eigenvalue weighted by molar-refractivity contribution is 9.10. The van der Waals surface area contributed by atoms with E-state index >= 15 is 0 Å². The van der Waals surface area contributed by atoms with E-state index in [4.69, 9.17) is 0 Å². The van der Waals surface area contributed by atoms with Gasteiger partial charge in [0.2, 0.25) is 0 Å². The average molecular weight is 300 g/mol. The van der Waals surface area contributed by atoms with Crippen molar-refractivity contribution in [1.82, 2.24) is 5.32 Å². The Balaban J connectivity index is 3.27. The minimum atomic E-state index is -0.861. The number of nitrogens with one attached hydrogen (secondary N) is 1. The van der Waals surface area contributed by atoms with E-state index in [1.54, 1.807) is 20.9 Å². The highest BCUT2D eigenvalue weighted by atomic mass is 79.9. The van der Waals surface area contributed by atoms with Gasteiger partial charge in [0.05, 0.1) is 5.41 Å². The Hall–Kier alpha value is -0.870. The summed E-state index contributed by atoms with van der Waals surface area (Å²) in [6.45, 7) is 5.46. The van der Waals surface area contributed by atoms with Gasteiger partial charge in [-0.15, -0.1) is 0 Å². The third-order valence-electron chi connectivity index (χ3n) is 3.11. The molecular formula is C13H18BrNO2. The second-order valence-electron chi connectivity index (χ2n) is 4.75. The minimum Gasteiger partial charge on any atom is -0.481 e. The normalized spacial score (nSPS) is 13.5. The number of carboxylic acids is 1. The van der Waals surface area contributed by atoms with Gasteiger partial charge in [0, 0.05) is 10.5 Å². The van der Waals surface area contributed by atoms with Gasteiger partial charge in [-0.2, -0.15) is 0 Å². The van der Waals surface area contributed by atoms with Crippen LogP contribution in [0.1, 0.15) is 31.0 Å². The van der Waals surface area contributed by atoms with Crippen molar-refractivity contribution in [3.63, 3.8) is 0 Å². The number of benzene rings is 1. The predicted molar refractivity (Wildman–Crippen MR) is 72.1 cm³/mol. The van der Waals surface area contributed by atoms with Crippen LogP contribution in [-0.2, 0) is 4.79 Å². The van der Waals surface area contributed by atoms with Crippen LogP contribution in [0.5, 0.6) is 0 Å². The smallest absolute Gasteiger partial charge is 0.311 e. The van der Waals surface area contributed by atoms with Gasteiger partial charge in [-0.05, 0) is 51.1 Å². The summed E-state index contributed by atoms with van der Waals surface area (Å²) >= 11 is 3.42. The maximum absolute atomic E-state index is 11.3. The quantitative estimate of drug-likeness (QED) is 0.898. The van der Waals surface area contributed by atoms with Gasteiger partial charge in [-0.25, -0.2) is 0 Å². The molecule has 0 heterocycles. The molecule has 0 amide bonds. The molecule has 0 fully saturated rings. The molecule has 0 spiro atoms. The van der Waals surface area contributed by atoms with E-state index in [2.05, 4.69) is 21.2 Å². The first kappa shape index (κ1) is 14.2. The Labute approximate surface area is 110 Å². The van der Waals surface area contributed by atoms with Crippen LogP contribution in [0.3, 0.4) is 0 Å². The zero-order valence-electron chi connectivity index (χ0n) is 10.5. The molecule has 0 saturated carbocycles. The Kier molecular flexibility index (Phi) is 4.33. The fraction of sp³-hybridized carbons (Fsp3) is 0.462. The number of carbonyl (C=O) groups is 1. The molecule has 0 aliphatic rings. The summed E-state index contributed by atoms with van der Waals surface area (Å²) in [5.41, 5.74) is 1.23. The van der Waals surface area contributed by atoms with Gasteiger partial charge in [-0.3, -0.25) is 4.79 Å². The van der Waals surface area contributed by atoms with Crippen molar-refractivity contribution in [3.8, 4) is 0 Å². The topological polar surface area (TPSA) is 49.3 Å². The van der Waals surface area contributed by atoms with Crippen molar-refractivity contribution in [2.24, 2.45) is 5.41 Å². The molecule has 3 nitrogen and oxygen atoms in total. The largest absolute Gasteiger partial charge is 0.481 e. The van der Waals surface area contributed by atoms with Crippen LogP contribution < -0.4 is 5.32 Å². The lowest BCUT2D eigenvalue weighted by molar-refractivity contribution is -0.148. The molecule has 1 aromatic rings. The van der Waals surface area contributed by atoms with E-state index in [1.807, 2.05) is 25.1 Å². The summed E-state index contributed by atoms with van der Waals surface area (Å²) in [5, 5.41) is 12.4. The second-order valence-corrected chi connectivity index (χ2v) is 5.67. The van der Waals surface area contributed by atoms with Gasteiger partial charge < -0.3 is 10.4 Å². The molecule has 1 rings (SSSR count). The van der Waals surface area contributed by atoms with Crippen molar-refractivity contribution in [2.75, 3.05) is 7.05 Å². The first-order valence-corrected chi connectivity index (χ1v) is 6.26. The third-order valence-corrected chi connectivity index (χ3v) is 3.61. The van der Waals surface area contributed by atoms with Crippen molar-refractivity contribution in [3.05, 3.63) is 33.8 Å². The molecule has 0 aliphatic heterocycles. The van der Waals surface area contributed by atoms with Gasteiger partial charge in [0.25, 0.3) is 0 Å². The fourth-order valence-electron chi connectivity index (χ4n) is 1.95. The molecular weight excluding hydrogens is 282 g/mol. The van der Waals surface area contributed by atoms with E-state index in [9.17, 15) is 9.90 Å². The molecule has 0 bridgehead atoms. The number of aliphatic carboxylic acids is 1. The number of aryl methyl sites for hydroxylation is 1. The molecule has 0 saturated heterocycles. The van der Waals surface area contributed by atoms with Crippen molar-refractivity contribution in [2.45, 2.75) is 26.8 Å². The Morgan fingerprint density at radius 2 is 2.06 bits per heavy atom. The molecule has 94 valence electrons. The highest BCUT2D eigenvalue weighted by Crippen LogP contribution is 2.36. The molecule has 17 heavy (non-hydrogen) atoms. The number of carboxylic acid groups (broad SMARTS) is 1. The number of rotatable bonds is 4. The van der Waals surface area contributed by atoms with Crippen molar-refractivity contribution < 1.29 is 9.90 Å². The van der Waals surface area contributed by atoms with Crippen molar-refractivity contribution in [1.29, 1.82) is 0 Å². The average Bonchev–Trinajstić information content (AvgIpc) is 2.23. The first-order chi connectivity index (χ1) is 7.80. The predicted octanol–water partition coefficient (Wildman–Crippen LogP) is 3.13. The maximum Gasteiger partial charge on any atom is 0.311 e. The summed E-state index contributed by atoms with van der Waals surface area (Å²) < 4.78 is 0.958. The Bertz CT molecular complexity index is 429. The molecule has 1 unspecified atom stereocenters. The molecule has 0 aliphatic carbocycles. The van der Waals surface area contributed by atoms with Crippen LogP contribution in [0, 0.1) is 12.3 Å². The minimum absolute atomic E-state index is 0.225. The summed E-state index contributed by atoms with van der Waals surface area (Å²) in [6, 6.07) is 5.69. The van der Waals surface area contributed by atoms with Gasteiger partial charge in [0.15, 0.2) is 0 Å². The van der Waals surface area contributed by atoms with Crippen LogP contribution in [0.4, 0.5) is 0 Å². The first-order valence-electron chi connectivity index (χ1n) is 5.47. The molecule has 1 atom stereocenters. The van der Waals surface area contributed by atoms with Gasteiger partial charge in [0.1, 0.15) is 0 Å². The van der Waals surface area contributed by atoms with Gasteiger partial charge in [-0.1, -0.05) is 22.0 Å². The molecule has 2 N–H and O–H groups in total. The van der Waals surface area contributed by atoms with Crippen molar-refractivity contribution >= 4 is 21.9 Å². The van der Waals surface area contributed by atoms with Crippen LogP contribution in [0.2, 0.25) is 0 Å². The van der Waals surface area contributed by atoms with Crippen LogP contribution in [0.15, 0.2) is 22.7 Å². The van der Waals surface area contributed by atoms with E-state index in [-0.39, 0.29) is 6.04 Å². The summed E-state index contributed by atoms with van der Waals surface area (Å²) in [6.07, 6.45) is 0. The van der Waals surface area contributed by atoms with E-state index in [0.717, 1.165) is 15.6 Å². The number of halogens is 1. The lowest BCUT2D eigenvalue weighted by Crippen LogP contribution is -2.38. The maximum atomic E-state index is 11.3. The summed E-state index contributed by atoms with van der Waals surface area (Å²) in [7, 11) is 1.79. The standard InChI is InChI=1S/C13H18BrNO2/c1-8-5-6-9(14)7-10(8)11(15-4)13(2,3)12(16)17/h5-7,11,15H,1-4H3,(H,16,17). The Morgan fingerprint density at radius 3 is 2.53 bits per heavy atom. The fourth-order valence-corrected chi connectivity index (χ4v) is 2.33. The molecule has 0 aromatic heterocycles. The SMILES string of the molecule is CNC(c1cc(Br)ccc1C)C(C)(C)C(=O)O. The summed E-state index contributed by atoms with van der Waals surface area (Å²) in [5.74, 6) is -0.809. The monoisotopic (exact) mass is 299 g/mol. The van der Waals surface area contributed by atoms with E-state index in [0.29, 0.717) is 0 Å². The van der Waals surface area contributed by atoms with E-state index < -0.39 is 11.4 Å². The second kappa shape index (κ2) is 5.19. The lowest BCUT2D eigenvalue weighted by Gasteiger charge is -2.31. The van der Waals surface area contributed by atoms with Crippen LogP contribution in [-0.4, -0.2) is 18.1 Å². The van der Waals surface area contributed by atoms with Gasteiger partial charge >= 0.3 is 5.97 Å². The zero-order chi connectivity index (χ0) is 13.2. The lowest BCUT2D eigenvalue weighted by atomic mass is 9.79. The summed E-state index contributed by atoms with van der Waals surface area (Å²) in [4.78, 5) is 11.3. The van der Waals surface area contributed by atoms with E-state index in [1.165, 1.54) is 0 Å². The molecule has 4 heteroatoms. The number of hydrogen-bond donors (Lipinski definition) is 2. The molecule has 1 aromatic carbocycles. The Morgan fingerprint density at radius 1 is 1.47 bits per heavy atom. The zero-order valence-corrected chi connectivity index (χ0v) is 12.1.